The summed E-state index contributed by atoms with van der Waals surface area (Å²) in [6, 6.07) is 4.31. The first-order valence-electron chi connectivity index (χ1n) is 7.02. The van der Waals surface area contributed by atoms with Crippen LogP contribution < -0.4 is 5.32 Å². The summed E-state index contributed by atoms with van der Waals surface area (Å²) in [6.07, 6.45) is 2.22. The molecule has 1 aromatic carbocycles. The van der Waals surface area contributed by atoms with Crippen LogP contribution in [-0.2, 0) is 6.42 Å². The molecular weight excluding hydrogens is 244 g/mol. The van der Waals surface area contributed by atoms with Gasteiger partial charge in [0.1, 0.15) is 11.6 Å². The fourth-order valence-electron chi connectivity index (χ4n) is 2.22. The molecule has 0 aliphatic carbocycles. The number of hydrogen-bond acceptors (Lipinski definition) is 1. The molecule has 0 saturated carbocycles. The van der Waals surface area contributed by atoms with E-state index in [1.807, 2.05) is 0 Å². The second-order valence-corrected chi connectivity index (χ2v) is 6.11. The van der Waals surface area contributed by atoms with Crippen LogP contribution in [0, 0.1) is 17.0 Å². The first-order valence-corrected chi connectivity index (χ1v) is 7.02. The van der Waals surface area contributed by atoms with Crippen molar-refractivity contribution in [1.82, 2.24) is 5.32 Å². The van der Waals surface area contributed by atoms with Gasteiger partial charge in [-0.05, 0) is 43.4 Å². The molecule has 3 heteroatoms. The van der Waals surface area contributed by atoms with E-state index in [-0.39, 0.29) is 17.0 Å². The highest BCUT2D eigenvalue weighted by atomic mass is 19.1. The monoisotopic (exact) mass is 269 g/mol. The van der Waals surface area contributed by atoms with Gasteiger partial charge in [0.05, 0.1) is 0 Å². The lowest BCUT2D eigenvalue weighted by atomic mass is 9.83. The fourth-order valence-corrected chi connectivity index (χ4v) is 2.22. The lowest BCUT2D eigenvalue weighted by Gasteiger charge is -2.32. The summed E-state index contributed by atoms with van der Waals surface area (Å²) in [7, 11) is 0. The van der Waals surface area contributed by atoms with Gasteiger partial charge in [0.15, 0.2) is 0 Å². The highest BCUT2D eigenvalue weighted by Gasteiger charge is 2.24. The Bertz CT molecular complexity index is 376. The van der Waals surface area contributed by atoms with Crippen LogP contribution in [0.15, 0.2) is 18.2 Å². The van der Waals surface area contributed by atoms with Crippen molar-refractivity contribution in [2.45, 2.75) is 53.0 Å². The Labute approximate surface area is 115 Å². The third-order valence-corrected chi connectivity index (χ3v) is 3.43. The minimum Gasteiger partial charge on any atom is -0.313 e. The van der Waals surface area contributed by atoms with Crippen molar-refractivity contribution in [3.63, 3.8) is 0 Å². The van der Waals surface area contributed by atoms with Crippen LogP contribution in [0.2, 0.25) is 0 Å². The normalized spacial score (nSPS) is 13.6. The first-order chi connectivity index (χ1) is 8.86. The quantitative estimate of drug-likeness (QED) is 0.811. The molecule has 1 atom stereocenters. The van der Waals surface area contributed by atoms with Gasteiger partial charge in [0, 0.05) is 11.6 Å². The average Bonchev–Trinajstić information content (AvgIpc) is 2.30. The van der Waals surface area contributed by atoms with Gasteiger partial charge in [-0.25, -0.2) is 8.78 Å². The lowest BCUT2D eigenvalue weighted by molar-refractivity contribution is 0.254. The molecule has 1 rings (SSSR count). The maximum absolute atomic E-state index is 13.6. The van der Waals surface area contributed by atoms with Gasteiger partial charge in [0.25, 0.3) is 0 Å². The second kappa shape index (κ2) is 6.99. The maximum Gasteiger partial charge on any atom is 0.129 e. The standard InChI is InChI=1S/C16H25F2N/c1-5-11-19-15(16(2,3)4)10-9-12-13(17)7-6-8-14(12)18/h6-8,15,19H,5,9-11H2,1-4H3. The molecule has 1 N–H and O–H groups in total. The summed E-state index contributed by atoms with van der Waals surface area (Å²) < 4.78 is 27.2. The van der Waals surface area contributed by atoms with Crippen molar-refractivity contribution in [3.05, 3.63) is 35.4 Å². The fraction of sp³-hybridized carbons (Fsp3) is 0.625. The molecule has 0 aliphatic rings. The van der Waals surface area contributed by atoms with Crippen LogP contribution >= 0.6 is 0 Å². The van der Waals surface area contributed by atoms with Gasteiger partial charge >= 0.3 is 0 Å². The van der Waals surface area contributed by atoms with Crippen molar-refractivity contribution in [2.24, 2.45) is 5.41 Å². The van der Waals surface area contributed by atoms with Crippen LogP contribution in [0.5, 0.6) is 0 Å². The highest BCUT2D eigenvalue weighted by Crippen LogP contribution is 2.24. The van der Waals surface area contributed by atoms with Crippen LogP contribution in [-0.4, -0.2) is 12.6 Å². The molecule has 1 nitrogen and oxygen atoms in total. The van der Waals surface area contributed by atoms with Crippen LogP contribution in [0.1, 0.15) is 46.1 Å². The minimum atomic E-state index is -0.442. The molecule has 0 saturated heterocycles. The Morgan fingerprint density at radius 1 is 1.16 bits per heavy atom. The van der Waals surface area contributed by atoms with Gasteiger partial charge in [-0.2, -0.15) is 0 Å². The predicted octanol–water partition coefficient (Wildman–Crippen LogP) is 4.31. The van der Waals surface area contributed by atoms with Crippen molar-refractivity contribution in [3.8, 4) is 0 Å². The van der Waals surface area contributed by atoms with Crippen molar-refractivity contribution in [2.75, 3.05) is 6.54 Å². The zero-order valence-corrected chi connectivity index (χ0v) is 12.4. The summed E-state index contributed by atoms with van der Waals surface area (Å²) in [5, 5.41) is 3.47. The van der Waals surface area contributed by atoms with E-state index in [0.717, 1.165) is 19.4 Å². The third-order valence-electron chi connectivity index (χ3n) is 3.43. The summed E-state index contributed by atoms with van der Waals surface area (Å²) in [6.45, 7) is 9.50. The van der Waals surface area contributed by atoms with E-state index in [0.29, 0.717) is 6.42 Å². The van der Waals surface area contributed by atoms with E-state index >= 15 is 0 Å². The molecule has 19 heavy (non-hydrogen) atoms. The Morgan fingerprint density at radius 3 is 2.21 bits per heavy atom. The number of hydrogen-bond donors (Lipinski definition) is 1. The molecule has 0 heterocycles. The summed E-state index contributed by atoms with van der Waals surface area (Å²) >= 11 is 0. The molecule has 0 aromatic heterocycles. The second-order valence-electron chi connectivity index (χ2n) is 6.11. The molecule has 0 bridgehead atoms. The molecule has 108 valence electrons. The van der Waals surface area contributed by atoms with Crippen molar-refractivity contribution in [1.29, 1.82) is 0 Å². The zero-order chi connectivity index (χ0) is 14.5. The first kappa shape index (κ1) is 16.1. The van der Waals surface area contributed by atoms with Gasteiger partial charge in [-0.1, -0.05) is 33.8 Å². The minimum absolute atomic E-state index is 0.0803. The van der Waals surface area contributed by atoms with E-state index in [1.54, 1.807) is 0 Å². The van der Waals surface area contributed by atoms with Gasteiger partial charge < -0.3 is 5.32 Å². The van der Waals surface area contributed by atoms with Gasteiger partial charge in [-0.15, -0.1) is 0 Å². The van der Waals surface area contributed by atoms with Crippen LogP contribution in [0.25, 0.3) is 0 Å². The molecule has 0 fully saturated rings. The molecule has 0 amide bonds. The molecule has 0 aliphatic heterocycles. The molecule has 0 spiro atoms. The van der Waals surface area contributed by atoms with E-state index < -0.39 is 11.6 Å². The smallest absolute Gasteiger partial charge is 0.129 e. The van der Waals surface area contributed by atoms with E-state index in [2.05, 4.69) is 33.0 Å². The molecule has 1 aromatic rings. The number of nitrogens with one attached hydrogen (secondary N) is 1. The maximum atomic E-state index is 13.6. The van der Waals surface area contributed by atoms with Crippen LogP contribution in [0.4, 0.5) is 8.78 Å². The predicted molar refractivity (Wildman–Crippen MR) is 76.2 cm³/mol. The SMILES string of the molecule is CCCNC(CCc1c(F)cccc1F)C(C)(C)C. The summed E-state index contributed by atoms with van der Waals surface area (Å²) in [4.78, 5) is 0. The summed E-state index contributed by atoms with van der Waals surface area (Å²) in [5.74, 6) is -0.883. The van der Waals surface area contributed by atoms with Crippen molar-refractivity contribution >= 4 is 0 Å². The Kier molecular flexibility index (Phi) is 5.92. The average molecular weight is 269 g/mol. The third kappa shape index (κ3) is 4.90. The lowest BCUT2D eigenvalue weighted by Crippen LogP contribution is -2.41. The summed E-state index contributed by atoms with van der Waals surface area (Å²) in [5.41, 5.74) is 0.284. The number of rotatable bonds is 6. The van der Waals surface area contributed by atoms with Gasteiger partial charge in [0.2, 0.25) is 0 Å². The van der Waals surface area contributed by atoms with Crippen LogP contribution in [0.3, 0.4) is 0 Å². The van der Waals surface area contributed by atoms with E-state index in [4.69, 9.17) is 0 Å². The number of halogens is 2. The Balaban J connectivity index is 2.71. The highest BCUT2D eigenvalue weighted by molar-refractivity contribution is 5.20. The van der Waals surface area contributed by atoms with E-state index in [9.17, 15) is 8.78 Å². The van der Waals surface area contributed by atoms with E-state index in [1.165, 1.54) is 18.2 Å². The molecule has 1 unspecified atom stereocenters. The molecular formula is C16H25F2N. The molecule has 0 radical (unpaired) electrons. The Morgan fingerprint density at radius 2 is 1.74 bits per heavy atom. The topological polar surface area (TPSA) is 12.0 Å². The van der Waals surface area contributed by atoms with Gasteiger partial charge in [-0.3, -0.25) is 0 Å². The largest absolute Gasteiger partial charge is 0.313 e. The van der Waals surface area contributed by atoms with Crippen molar-refractivity contribution < 1.29 is 8.78 Å². The number of benzene rings is 1. The zero-order valence-electron chi connectivity index (χ0n) is 12.4. The Hall–Kier alpha value is -0.960.